The first-order valence-corrected chi connectivity index (χ1v) is 8.11. The SMILES string of the molecule is Cc1ccccc1C[C@H](NC(=O)[C@@H]1CCCN1)C(=O)NCC(N)=O. The van der Waals surface area contributed by atoms with E-state index in [4.69, 9.17) is 5.73 Å². The number of carbonyl (C=O) groups excluding carboxylic acids is 3. The van der Waals surface area contributed by atoms with E-state index in [1.54, 1.807) is 0 Å². The van der Waals surface area contributed by atoms with E-state index in [-0.39, 0.29) is 18.5 Å². The maximum absolute atomic E-state index is 12.4. The Hall–Kier alpha value is -2.41. The lowest BCUT2D eigenvalue weighted by atomic mass is 10.00. The molecule has 0 bridgehead atoms. The molecular weight excluding hydrogens is 308 g/mol. The summed E-state index contributed by atoms with van der Waals surface area (Å²) in [6.45, 7) is 2.50. The van der Waals surface area contributed by atoms with Gasteiger partial charge in [-0.25, -0.2) is 0 Å². The third kappa shape index (κ3) is 5.06. The van der Waals surface area contributed by atoms with Gasteiger partial charge in [-0.2, -0.15) is 0 Å². The Kier molecular flexibility index (Phi) is 6.31. The summed E-state index contributed by atoms with van der Waals surface area (Å²) >= 11 is 0. The Balaban J connectivity index is 2.07. The summed E-state index contributed by atoms with van der Waals surface area (Å²) in [5, 5.41) is 8.37. The van der Waals surface area contributed by atoms with E-state index in [2.05, 4.69) is 16.0 Å². The summed E-state index contributed by atoms with van der Waals surface area (Å²) in [5.41, 5.74) is 7.08. The number of carbonyl (C=O) groups is 3. The Morgan fingerprint density at radius 3 is 2.71 bits per heavy atom. The van der Waals surface area contributed by atoms with E-state index in [1.807, 2.05) is 31.2 Å². The number of hydrogen-bond acceptors (Lipinski definition) is 4. The zero-order valence-electron chi connectivity index (χ0n) is 13.8. The highest BCUT2D eigenvalue weighted by molar-refractivity contribution is 5.91. The molecule has 0 spiro atoms. The minimum absolute atomic E-state index is 0.194. The van der Waals surface area contributed by atoms with Crippen LogP contribution >= 0.6 is 0 Å². The fraction of sp³-hybridized carbons (Fsp3) is 0.471. The summed E-state index contributed by atoms with van der Waals surface area (Å²) in [6.07, 6.45) is 2.05. The molecule has 0 saturated carbocycles. The number of amides is 3. The summed E-state index contributed by atoms with van der Waals surface area (Å²) in [7, 11) is 0. The predicted octanol–water partition coefficient (Wildman–Crippen LogP) is -0.624. The summed E-state index contributed by atoms with van der Waals surface area (Å²) in [6, 6.07) is 6.66. The normalized spacial score (nSPS) is 18.0. The Labute approximate surface area is 141 Å². The molecule has 0 aromatic heterocycles. The molecule has 1 aromatic carbocycles. The van der Waals surface area contributed by atoms with Crippen LogP contribution in [-0.2, 0) is 20.8 Å². The van der Waals surface area contributed by atoms with Crippen LogP contribution in [0.3, 0.4) is 0 Å². The van der Waals surface area contributed by atoms with Crippen LogP contribution in [0.4, 0.5) is 0 Å². The molecule has 1 aliphatic heterocycles. The largest absolute Gasteiger partial charge is 0.368 e. The number of benzene rings is 1. The second kappa shape index (κ2) is 8.44. The van der Waals surface area contributed by atoms with Gasteiger partial charge in [-0.15, -0.1) is 0 Å². The van der Waals surface area contributed by atoms with Crippen LogP contribution in [0.25, 0.3) is 0 Å². The van der Waals surface area contributed by atoms with Crippen LogP contribution in [0, 0.1) is 6.92 Å². The highest BCUT2D eigenvalue weighted by Gasteiger charge is 2.27. The van der Waals surface area contributed by atoms with E-state index in [0.717, 1.165) is 30.5 Å². The van der Waals surface area contributed by atoms with Gasteiger partial charge in [-0.3, -0.25) is 14.4 Å². The highest BCUT2D eigenvalue weighted by atomic mass is 16.2. The van der Waals surface area contributed by atoms with Gasteiger partial charge >= 0.3 is 0 Å². The number of nitrogens with two attached hydrogens (primary N) is 1. The molecular formula is C17H24N4O3. The summed E-state index contributed by atoms with van der Waals surface area (Å²) in [5.74, 6) is -1.23. The second-order valence-electron chi connectivity index (χ2n) is 6.02. The molecule has 1 aromatic rings. The molecule has 2 atom stereocenters. The van der Waals surface area contributed by atoms with Gasteiger partial charge in [0, 0.05) is 6.42 Å². The average Bonchev–Trinajstić information content (AvgIpc) is 3.08. The monoisotopic (exact) mass is 332 g/mol. The maximum Gasteiger partial charge on any atom is 0.243 e. The Morgan fingerprint density at radius 1 is 1.33 bits per heavy atom. The minimum Gasteiger partial charge on any atom is -0.368 e. The van der Waals surface area contributed by atoms with E-state index < -0.39 is 17.9 Å². The van der Waals surface area contributed by atoms with Crippen molar-refractivity contribution in [1.82, 2.24) is 16.0 Å². The van der Waals surface area contributed by atoms with E-state index in [1.165, 1.54) is 0 Å². The van der Waals surface area contributed by atoms with Crippen LogP contribution in [0.2, 0.25) is 0 Å². The van der Waals surface area contributed by atoms with Gasteiger partial charge in [0.25, 0.3) is 0 Å². The minimum atomic E-state index is -0.750. The van der Waals surface area contributed by atoms with Crippen molar-refractivity contribution in [2.24, 2.45) is 5.73 Å². The van der Waals surface area contributed by atoms with Gasteiger partial charge in [0.1, 0.15) is 6.04 Å². The number of primary amides is 1. The Morgan fingerprint density at radius 2 is 2.08 bits per heavy atom. The third-order valence-electron chi connectivity index (χ3n) is 4.13. The first kappa shape index (κ1) is 17.9. The van der Waals surface area contributed by atoms with E-state index in [9.17, 15) is 14.4 Å². The molecule has 2 rings (SSSR count). The molecule has 0 unspecified atom stereocenters. The van der Waals surface area contributed by atoms with Crippen LogP contribution in [-0.4, -0.2) is 42.9 Å². The molecule has 1 heterocycles. The standard InChI is InChI=1S/C17H24N4O3/c1-11-5-2-3-6-12(11)9-14(16(23)20-10-15(18)22)21-17(24)13-7-4-8-19-13/h2-3,5-6,13-14,19H,4,7-10H2,1H3,(H2,18,22)(H,20,23)(H,21,24)/t13-,14-/m0/s1. The lowest BCUT2D eigenvalue weighted by molar-refractivity contribution is -0.130. The van der Waals surface area contributed by atoms with Gasteiger partial charge in [0.15, 0.2) is 0 Å². The zero-order chi connectivity index (χ0) is 17.5. The third-order valence-corrected chi connectivity index (χ3v) is 4.13. The smallest absolute Gasteiger partial charge is 0.243 e. The molecule has 0 radical (unpaired) electrons. The van der Waals surface area contributed by atoms with Crippen molar-refractivity contribution >= 4 is 17.7 Å². The van der Waals surface area contributed by atoms with Crippen molar-refractivity contribution in [3.05, 3.63) is 35.4 Å². The molecule has 1 aliphatic rings. The van der Waals surface area contributed by atoms with Gasteiger partial charge in [0.05, 0.1) is 12.6 Å². The van der Waals surface area contributed by atoms with Crippen molar-refractivity contribution in [1.29, 1.82) is 0 Å². The van der Waals surface area contributed by atoms with E-state index >= 15 is 0 Å². The average molecular weight is 332 g/mol. The fourth-order valence-corrected chi connectivity index (χ4v) is 2.75. The van der Waals surface area contributed by atoms with Gasteiger partial charge < -0.3 is 21.7 Å². The van der Waals surface area contributed by atoms with Crippen molar-refractivity contribution < 1.29 is 14.4 Å². The van der Waals surface area contributed by atoms with Crippen molar-refractivity contribution in [3.63, 3.8) is 0 Å². The molecule has 5 N–H and O–H groups in total. The molecule has 7 heteroatoms. The first-order valence-electron chi connectivity index (χ1n) is 8.11. The fourth-order valence-electron chi connectivity index (χ4n) is 2.75. The van der Waals surface area contributed by atoms with Crippen LogP contribution < -0.4 is 21.7 Å². The summed E-state index contributed by atoms with van der Waals surface area (Å²) in [4.78, 5) is 35.6. The number of hydrogen-bond donors (Lipinski definition) is 4. The van der Waals surface area contributed by atoms with Crippen LogP contribution in [0.15, 0.2) is 24.3 Å². The number of rotatable bonds is 7. The number of nitrogens with one attached hydrogen (secondary N) is 3. The van der Waals surface area contributed by atoms with E-state index in [0.29, 0.717) is 6.42 Å². The lowest BCUT2D eigenvalue weighted by Gasteiger charge is -2.21. The van der Waals surface area contributed by atoms with Gasteiger partial charge in [0.2, 0.25) is 17.7 Å². The molecule has 130 valence electrons. The molecule has 0 aliphatic carbocycles. The molecule has 3 amide bonds. The second-order valence-corrected chi connectivity index (χ2v) is 6.02. The van der Waals surface area contributed by atoms with Crippen LogP contribution in [0.5, 0.6) is 0 Å². The lowest BCUT2D eigenvalue weighted by Crippen LogP contribution is -2.53. The Bertz CT molecular complexity index is 612. The van der Waals surface area contributed by atoms with Crippen LogP contribution in [0.1, 0.15) is 24.0 Å². The first-order chi connectivity index (χ1) is 11.5. The van der Waals surface area contributed by atoms with Crippen molar-refractivity contribution in [2.75, 3.05) is 13.1 Å². The zero-order valence-corrected chi connectivity index (χ0v) is 13.8. The molecule has 1 saturated heterocycles. The van der Waals surface area contributed by atoms with Gasteiger partial charge in [-0.05, 0) is 37.4 Å². The topological polar surface area (TPSA) is 113 Å². The van der Waals surface area contributed by atoms with Gasteiger partial charge in [-0.1, -0.05) is 24.3 Å². The van der Waals surface area contributed by atoms with Crippen molar-refractivity contribution in [2.45, 2.75) is 38.3 Å². The molecule has 24 heavy (non-hydrogen) atoms. The quantitative estimate of drug-likeness (QED) is 0.533. The predicted molar refractivity (Wildman–Crippen MR) is 90.0 cm³/mol. The molecule has 7 nitrogen and oxygen atoms in total. The summed E-state index contributed by atoms with van der Waals surface area (Å²) < 4.78 is 0. The van der Waals surface area contributed by atoms with Crippen molar-refractivity contribution in [3.8, 4) is 0 Å². The maximum atomic E-state index is 12.4. The highest BCUT2D eigenvalue weighted by Crippen LogP contribution is 2.11. The number of aryl methyl sites for hydroxylation is 1. The molecule has 1 fully saturated rings.